The van der Waals surface area contributed by atoms with Crippen LogP contribution >= 0.6 is 0 Å². The van der Waals surface area contributed by atoms with Gasteiger partial charge in [0.15, 0.2) is 0 Å². The zero-order valence-corrected chi connectivity index (χ0v) is 8.29. The van der Waals surface area contributed by atoms with Crippen molar-refractivity contribution in [2.24, 2.45) is 0 Å². The van der Waals surface area contributed by atoms with Crippen LogP contribution in [0.2, 0.25) is 0 Å². The first-order chi connectivity index (χ1) is 6.81. The Hall–Kier alpha value is -2.19. The summed E-state index contributed by atoms with van der Waals surface area (Å²) in [5.74, 6) is 0. The summed E-state index contributed by atoms with van der Waals surface area (Å²) in [7, 11) is 3.30. The van der Waals surface area contributed by atoms with Crippen LogP contribution in [0.3, 0.4) is 0 Å². The van der Waals surface area contributed by atoms with E-state index in [2.05, 4.69) is 14.2 Å². The predicted molar refractivity (Wildman–Crippen MR) is 45.1 cm³/mol. The summed E-state index contributed by atoms with van der Waals surface area (Å²) >= 11 is 0. The average molecular weight is 228 g/mol. The molecule has 0 aliphatic rings. The first-order valence-electron chi connectivity index (χ1n) is 3.12. The molecule has 0 unspecified atom stereocenters. The Balaban J connectivity index is -0.000000144. The minimum Gasteiger partial charge on any atom is -0.450 e. The number of hydrogen-bond acceptors (Lipinski definition) is 6. The van der Waals surface area contributed by atoms with E-state index in [4.69, 9.17) is 29.7 Å². The van der Waals surface area contributed by atoms with E-state index in [0.29, 0.717) is 0 Å². The number of rotatable bonds is 0. The van der Waals surface area contributed by atoms with Crippen molar-refractivity contribution in [2.75, 3.05) is 21.3 Å². The number of ether oxygens (including phenoxy) is 3. The smallest absolute Gasteiger partial charge is 0.450 e. The number of hydrogen-bond donors (Lipinski definition) is 3. The molecule has 0 amide bonds. The Morgan fingerprint density at radius 2 is 0.733 bits per heavy atom. The fraction of sp³-hybridized carbons (Fsp3) is 0.500. The van der Waals surface area contributed by atoms with E-state index in [1.807, 2.05) is 0 Å². The zero-order valence-electron chi connectivity index (χ0n) is 8.29. The highest BCUT2D eigenvalue weighted by Crippen LogP contribution is 1.61. The van der Waals surface area contributed by atoms with Crippen LogP contribution in [0, 0.1) is 0 Å². The summed E-state index contributed by atoms with van der Waals surface area (Å²) in [6, 6.07) is 0. The standard InChI is InChI=1S/3C2H4O3/c3*1-5-2(3)4/h3*1H3,(H,3,4). The van der Waals surface area contributed by atoms with Gasteiger partial charge in [0.2, 0.25) is 0 Å². The fourth-order valence-corrected chi connectivity index (χ4v) is 0. The maximum atomic E-state index is 9.15. The van der Waals surface area contributed by atoms with Crippen molar-refractivity contribution in [3.63, 3.8) is 0 Å². The summed E-state index contributed by atoms with van der Waals surface area (Å²) < 4.78 is 11.0. The molecule has 0 saturated carbocycles. The molecular formula is C6H12O9. The Morgan fingerprint density at radius 1 is 0.667 bits per heavy atom. The van der Waals surface area contributed by atoms with Gasteiger partial charge in [0.1, 0.15) is 0 Å². The predicted octanol–water partition coefficient (Wildman–Crippen LogP) is 0.932. The van der Waals surface area contributed by atoms with Crippen molar-refractivity contribution >= 4 is 18.5 Å². The topological polar surface area (TPSA) is 140 Å². The van der Waals surface area contributed by atoms with Gasteiger partial charge in [0.05, 0.1) is 21.3 Å². The molecule has 0 aromatic rings. The molecule has 0 atom stereocenters. The van der Waals surface area contributed by atoms with Crippen molar-refractivity contribution in [1.82, 2.24) is 0 Å². The first kappa shape index (κ1) is 18.6. The fourth-order valence-electron chi connectivity index (χ4n) is 0. The third kappa shape index (κ3) is 78.3. The zero-order chi connectivity index (χ0) is 12.9. The second kappa shape index (κ2) is 14.3. The molecule has 0 rings (SSSR count). The Kier molecular flexibility index (Phi) is 17.7. The first-order valence-corrected chi connectivity index (χ1v) is 3.12. The highest BCUT2D eigenvalue weighted by Gasteiger charge is 1.81. The van der Waals surface area contributed by atoms with Crippen molar-refractivity contribution in [3.8, 4) is 0 Å². The number of carboxylic acid groups (broad SMARTS) is 3. The maximum absolute atomic E-state index is 9.15. The summed E-state index contributed by atoms with van der Waals surface area (Å²) in [6.45, 7) is 0. The van der Waals surface area contributed by atoms with Crippen molar-refractivity contribution in [3.05, 3.63) is 0 Å². The molecule has 0 aliphatic heterocycles. The lowest BCUT2D eigenvalue weighted by molar-refractivity contribution is 0.112. The molecule has 9 nitrogen and oxygen atoms in total. The van der Waals surface area contributed by atoms with Gasteiger partial charge in [-0.25, -0.2) is 14.4 Å². The van der Waals surface area contributed by atoms with Crippen LogP contribution in [-0.4, -0.2) is 55.1 Å². The van der Waals surface area contributed by atoms with Crippen molar-refractivity contribution in [2.45, 2.75) is 0 Å². The van der Waals surface area contributed by atoms with Crippen LogP contribution in [0.5, 0.6) is 0 Å². The maximum Gasteiger partial charge on any atom is 0.505 e. The quantitative estimate of drug-likeness (QED) is 0.407. The van der Waals surface area contributed by atoms with Crippen molar-refractivity contribution < 1.29 is 43.9 Å². The normalized spacial score (nSPS) is 6.60. The van der Waals surface area contributed by atoms with Crippen LogP contribution in [0.15, 0.2) is 0 Å². The molecule has 15 heavy (non-hydrogen) atoms. The van der Waals surface area contributed by atoms with Gasteiger partial charge in [-0.2, -0.15) is 0 Å². The van der Waals surface area contributed by atoms with Crippen LogP contribution < -0.4 is 0 Å². The molecule has 0 bridgehead atoms. The molecule has 0 radical (unpaired) electrons. The van der Waals surface area contributed by atoms with Crippen LogP contribution in [0.25, 0.3) is 0 Å². The van der Waals surface area contributed by atoms with Crippen LogP contribution in [0.4, 0.5) is 14.4 Å². The molecule has 90 valence electrons. The number of methoxy groups -OCH3 is 3. The summed E-state index contributed by atoms with van der Waals surface area (Å²) in [4.78, 5) is 27.4. The van der Waals surface area contributed by atoms with E-state index in [1.165, 1.54) is 0 Å². The minimum absolute atomic E-state index is 1.10. The lowest BCUT2D eigenvalue weighted by Gasteiger charge is -1.79. The summed E-state index contributed by atoms with van der Waals surface area (Å²) in [6.07, 6.45) is -3.74. The highest BCUT2D eigenvalue weighted by atomic mass is 16.7. The average Bonchev–Trinajstić information content (AvgIpc) is 2.19. The minimum atomic E-state index is -1.25. The Bertz CT molecular complexity index is 154. The molecule has 0 fully saturated rings. The number of carbonyl (C=O) groups is 3. The molecule has 0 heterocycles. The molecule has 0 spiro atoms. The van der Waals surface area contributed by atoms with Gasteiger partial charge in [-0.3, -0.25) is 0 Å². The molecule has 3 N–H and O–H groups in total. The van der Waals surface area contributed by atoms with Gasteiger partial charge < -0.3 is 29.5 Å². The Labute approximate surface area is 84.8 Å². The van der Waals surface area contributed by atoms with Crippen LogP contribution in [-0.2, 0) is 14.2 Å². The van der Waals surface area contributed by atoms with E-state index in [1.54, 1.807) is 0 Å². The second-order valence-corrected chi connectivity index (χ2v) is 1.41. The third-order valence-corrected chi connectivity index (χ3v) is 0.524. The monoisotopic (exact) mass is 228 g/mol. The van der Waals surface area contributed by atoms with Crippen LogP contribution in [0.1, 0.15) is 0 Å². The second-order valence-electron chi connectivity index (χ2n) is 1.41. The molecule has 9 heteroatoms. The van der Waals surface area contributed by atoms with Gasteiger partial charge >= 0.3 is 18.5 Å². The van der Waals surface area contributed by atoms with E-state index in [9.17, 15) is 0 Å². The molecule has 0 saturated heterocycles. The Morgan fingerprint density at radius 3 is 0.733 bits per heavy atom. The molecular weight excluding hydrogens is 216 g/mol. The van der Waals surface area contributed by atoms with Gasteiger partial charge in [0, 0.05) is 0 Å². The molecule has 0 aromatic carbocycles. The largest absolute Gasteiger partial charge is 0.505 e. The SMILES string of the molecule is COC(=O)O.COC(=O)O.COC(=O)O. The molecule has 0 aromatic heterocycles. The lowest BCUT2D eigenvalue weighted by Crippen LogP contribution is -1.91. The van der Waals surface area contributed by atoms with Gasteiger partial charge in [-0.15, -0.1) is 0 Å². The van der Waals surface area contributed by atoms with E-state index >= 15 is 0 Å². The highest BCUT2D eigenvalue weighted by molar-refractivity contribution is 5.56. The lowest BCUT2D eigenvalue weighted by atomic mass is 11.4. The van der Waals surface area contributed by atoms with E-state index in [-0.39, 0.29) is 0 Å². The molecule has 0 aliphatic carbocycles. The van der Waals surface area contributed by atoms with Gasteiger partial charge in [-0.1, -0.05) is 0 Å². The van der Waals surface area contributed by atoms with Crippen molar-refractivity contribution in [1.29, 1.82) is 0 Å². The summed E-state index contributed by atoms with van der Waals surface area (Å²) in [5, 5.41) is 22.5. The summed E-state index contributed by atoms with van der Waals surface area (Å²) in [5.41, 5.74) is 0. The van der Waals surface area contributed by atoms with E-state index < -0.39 is 18.5 Å². The van der Waals surface area contributed by atoms with E-state index in [0.717, 1.165) is 21.3 Å². The van der Waals surface area contributed by atoms with Gasteiger partial charge in [0.25, 0.3) is 0 Å². The van der Waals surface area contributed by atoms with Gasteiger partial charge in [-0.05, 0) is 0 Å². The third-order valence-electron chi connectivity index (χ3n) is 0.524.